The van der Waals surface area contributed by atoms with E-state index in [-0.39, 0.29) is 6.04 Å². The molecule has 0 aliphatic heterocycles. The molecule has 2 N–H and O–H groups in total. The van der Waals surface area contributed by atoms with E-state index < -0.39 is 22.2 Å². The van der Waals surface area contributed by atoms with Gasteiger partial charge in [-0.3, -0.25) is 0 Å². The maximum absolute atomic E-state index is 10.0. The van der Waals surface area contributed by atoms with Gasteiger partial charge in [-0.25, -0.2) is 4.79 Å². The Kier molecular flexibility index (Phi) is 5.27. The fourth-order valence-electron chi connectivity index (χ4n) is 0.603. The summed E-state index contributed by atoms with van der Waals surface area (Å²) < 4.78 is 27.2. The molecule has 88 valence electrons. The molecule has 6 nitrogen and oxygen atoms in total. The molecule has 7 heteroatoms. The summed E-state index contributed by atoms with van der Waals surface area (Å²) >= 11 is 0. The summed E-state index contributed by atoms with van der Waals surface area (Å²) in [7, 11) is -2.16. The smallest absolute Gasteiger partial charge is 0.405 e. The topological polar surface area (TPSA) is 98.8 Å². The van der Waals surface area contributed by atoms with Gasteiger partial charge in [0.15, 0.2) is 0 Å². The summed E-state index contributed by atoms with van der Waals surface area (Å²) in [5.74, 6) is 0. The number of carbonyl (C=O) groups excluding carboxylic acids is 1. The molecule has 1 rings (SSSR count). The monoisotopic (exact) mass is 236 g/mol. The van der Waals surface area contributed by atoms with Gasteiger partial charge in [0.05, 0.1) is 6.04 Å². The average molecular weight is 236 g/mol. The largest absolute Gasteiger partial charge is 0.444 e. The summed E-state index contributed by atoms with van der Waals surface area (Å²) in [6.45, 7) is 5.28. The minimum Gasteiger partial charge on any atom is -0.444 e. The first-order chi connectivity index (χ1) is 6.70. The molecule has 0 radical (unpaired) electrons. The third-order valence-electron chi connectivity index (χ3n) is 1.19. The number of carbonyl (C=O) groups is 1. The van der Waals surface area contributed by atoms with Gasteiger partial charge in [0, 0.05) is 0 Å². The molecule has 0 aromatic rings. The molecule has 0 heterocycles. The summed E-state index contributed by atoms with van der Waals surface area (Å²) in [6.07, 6.45) is 1.18. The van der Waals surface area contributed by atoms with E-state index in [9.17, 15) is 13.2 Å². The van der Waals surface area contributed by atoms with Gasteiger partial charge in [0.25, 0.3) is 0 Å². The number of rotatable bonds is 1. The third-order valence-corrected chi connectivity index (χ3v) is 1.66. The molecule has 0 atom stereocenters. The highest BCUT2D eigenvalue weighted by atomic mass is 32.2. The van der Waals surface area contributed by atoms with Crippen molar-refractivity contribution in [1.29, 1.82) is 0 Å². The van der Waals surface area contributed by atoms with Crippen LogP contribution >= 0.6 is 0 Å². The first kappa shape index (κ1) is 13.9. The van der Waals surface area contributed by atoms with Crippen molar-refractivity contribution >= 4 is 16.6 Å². The first-order valence-electron chi connectivity index (χ1n) is 4.49. The molecule has 0 aromatic carbocycles. The van der Waals surface area contributed by atoms with E-state index in [1.165, 1.54) is 0 Å². The Balaban J connectivity index is 0.000000262. The maximum Gasteiger partial charge on any atom is 0.405 e. The van der Waals surface area contributed by atoms with E-state index in [0.717, 1.165) is 12.8 Å². The molecule has 0 saturated heterocycles. The van der Waals surface area contributed by atoms with E-state index in [4.69, 9.17) is 5.73 Å². The van der Waals surface area contributed by atoms with Crippen molar-refractivity contribution in [2.24, 2.45) is 10.1 Å². The SMILES string of the molecule is CC(C)(C)OC(N)=O.O=S(=O)=NC1CC1. The summed E-state index contributed by atoms with van der Waals surface area (Å²) in [4.78, 5) is 10.0. The van der Waals surface area contributed by atoms with Crippen LogP contribution in [0.1, 0.15) is 33.6 Å². The van der Waals surface area contributed by atoms with Crippen molar-refractivity contribution in [2.75, 3.05) is 0 Å². The maximum atomic E-state index is 10.0. The van der Waals surface area contributed by atoms with Crippen molar-refractivity contribution < 1.29 is 17.9 Å². The zero-order valence-corrected chi connectivity index (χ0v) is 9.87. The van der Waals surface area contributed by atoms with Crippen LogP contribution in [0.25, 0.3) is 0 Å². The number of hydrogen-bond acceptors (Lipinski definition) is 5. The molecule has 0 bridgehead atoms. The molecule has 0 unspecified atom stereocenters. The second-order valence-corrected chi connectivity index (χ2v) is 4.73. The number of ether oxygens (including phenoxy) is 1. The number of amides is 1. The Morgan fingerprint density at radius 2 is 1.87 bits per heavy atom. The average Bonchev–Trinajstić information content (AvgIpc) is 2.64. The van der Waals surface area contributed by atoms with Gasteiger partial charge in [0.2, 0.25) is 0 Å². The summed E-state index contributed by atoms with van der Waals surface area (Å²) in [6, 6.07) is 0.137. The molecule has 0 aromatic heterocycles. The fourth-order valence-corrected chi connectivity index (χ4v) is 1.06. The first-order valence-corrected chi connectivity index (χ1v) is 5.52. The van der Waals surface area contributed by atoms with Crippen molar-refractivity contribution in [1.82, 2.24) is 0 Å². The Labute approximate surface area is 90.5 Å². The van der Waals surface area contributed by atoms with Gasteiger partial charge in [0.1, 0.15) is 5.60 Å². The zero-order chi connectivity index (χ0) is 12.1. The minimum atomic E-state index is -2.16. The van der Waals surface area contributed by atoms with Crippen molar-refractivity contribution in [3.63, 3.8) is 0 Å². The molecule has 15 heavy (non-hydrogen) atoms. The van der Waals surface area contributed by atoms with E-state index in [1.54, 1.807) is 20.8 Å². The van der Waals surface area contributed by atoms with Gasteiger partial charge in [-0.05, 0) is 33.6 Å². The van der Waals surface area contributed by atoms with Crippen LogP contribution < -0.4 is 5.73 Å². The lowest BCUT2D eigenvalue weighted by Gasteiger charge is -2.16. The molecule has 1 amide bonds. The van der Waals surface area contributed by atoms with Crippen LogP contribution in [0.2, 0.25) is 0 Å². The Morgan fingerprint density at radius 3 is 1.93 bits per heavy atom. The lowest BCUT2D eigenvalue weighted by atomic mass is 10.2. The van der Waals surface area contributed by atoms with Crippen LogP contribution in [0.3, 0.4) is 0 Å². The summed E-state index contributed by atoms with van der Waals surface area (Å²) in [5.41, 5.74) is 4.26. The second kappa shape index (κ2) is 5.69. The van der Waals surface area contributed by atoms with E-state index >= 15 is 0 Å². The van der Waals surface area contributed by atoms with Crippen molar-refractivity contribution in [2.45, 2.75) is 45.3 Å². The highest BCUT2D eigenvalue weighted by molar-refractivity contribution is 7.61. The van der Waals surface area contributed by atoms with Gasteiger partial charge >= 0.3 is 16.6 Å². The van der Waals surface area contributed by atoms with Crippen LogP contribution in [0.15, 0.2) is 4.36 Å². The molecule has 0 spiro atoms. The van der Waals surface area contributed by atoms with E-state index in [0.29, 0.717) is 0 Å². The standard InChI is InChI=1S/C5H11NO2.C3H5NO2S/c1-5(2,3)8-4(6)7;5-7(6)4-3-1-2-3/h1-3H3,(H2,6,7);3H,1-2H2. The van der Waals surface area contributed by atoms with E-state index in [2.05, 4.69) is 9.10 Å². The Bertz CT molecular complexity index is 330. The predicted octanol–water partition coefficient (Wildman–Crippen LogP) is 1.09. The quantitative estimate of drug-likeness (QED) is 0.736. The highest BCUT2D eigenvalue weighted by Gasteiger charge is 2.20. The molecule has 1 saturated carbocycles. The van der Waals surface area contributed by atoms with Crippen LogP contribution in [0.5, 0.6) is 0 Å². The number of nitrogens with two attached hydrogens (primary N) is 1. The van der Waals surface area contributed by atoms with Gasteiger partial charge in [-0.2, -0.15) is 12.8 Å². The summed E-state index contributed by atoms with van der Waals surface area (Å²) in [5, 5.41) is 0. The molecule has 1 aliphatic carbocycles. The van der Waals surface area contributed by atoms with Gasteiger partial charge in [-0.1, -0.05) is 0 Å². The second-order valence-electron chi connectivity index (χ2n) is 4.09. The van der Waals surface area contributed by atoms with Crippen molar-refractivity contribution in [3.05, 3.63) is 0 Å². The van der Waals surface area contributed by atoms with Gasteiger partial charge in [-0.15, -0.1) is 0 Å². The molecular formula is C8H16N2O4S. The van der Waals surface area contributed by atoms with E-state index in [1.807, 2.05) is 0 Å². The zero-order valence-electron chi connectivity index (χ0n) is 9.06. The van der Waals surface area contributed by atoms with Crippen molar-refractivity contribution in [3.8, 4) is 0 Å². The Hall–Kier alpha value is -1.11. The number of nitrogens with zero attached hydrogens (tertiary/aromatic N) is 1. The molecular weight excluding hydrogens is 220 g/mol. The Morgan fingerprint density at radius 1 is 1.40 bits per heavy atom. The number of primary amides is 1. The minimum absolute atomic E-state index is 0.137. The fraction of sp³-hybridized carbons (Fsp3) is 0.875. The molecule has 1 fully saturated rings. The normalized spacial score (nSPS) is 14.6. The highest BCUT2D eigenvalue weighted by Crippen LogP contribution is 2.22. The van der Waals surface area contributed by atoms with Gasteiger partial charge < -0.3 is 10.5 Å². The van der Waals surface area contributed by atoms with Crippen LogP contribution in [-0.2, 0) is 15.2 Å². The van der Waals surface area contributed by atoms with Crippen LogP contribution in [0.4, 0.5) is 4.79 Å². The number of hydrogen-bond donors (Lipinski definition) is 1. The van der Waals surface area contributed by atoms with Crippen LogP contribution in [-0.4, -0.2) is 26.2 Å². The lowest BCUT2D eigenvalue weighted by Crippen LogP contribution is -2.27. The van der Waals surface area contributed by atoms with Crippen LogP contribution in [0, 0.1) is 0 Å². The predicted molar refractivity (Wildman–Crippen MR) is 54.8 cm³/mol. The lowest BCUT2D eigenvalue weighted by molar-refractivity contribution is 0.0600. The third kappa shape index (κ3) is 12.9. The molecule has 1 aliphatic rings.